The summed E-state index contributed by atoms with van der Waals surface area (Å²) in [5, 5.41) is 5.96. The highest BCUT2D eigenvalue weighted by Gasteiger charge is 2.08. The average Bonchev–Trinajstić information content (AvgIpc) is 2.46. The Morgan fingerprint density at radius 3 is 2.79 bits per heavy atom. The Labute approximate surface area is 119 Å². The molecular weight excluding hydrogens is 254 g/mol. The summed E-state index contributed by atoms with van der Waals surface area (Å²) in [6, 6.07) is 12.7. The van der Waals surface area contributed by atoms with Crippen molar-refractivity contribution in [1.82, 2.24) is 5.32 Å². The molecule has 0 heterocycles. The maximum absolute atomic E-state index is 5.92. The Balaban J connectivity index is 2.32. The standard InChI is InChI=1S/C16H21NOS/c1-3-17-12-15-14-7-5-4-6-13(14)8-9-16(15)18-10-11-19-2/h4-9,17H,3,10-12H2,1-2H3. The van der Waals surface area contributed by atoms with E-state index in [2.05, 4.69) is 54.9 Å². The summed E-state index contributed by atoms with van der Waals surface area (Å²) in [5.41, 5.74) is 1.26. The van der Waals surface area contributed by atoms with Crippen LogP contribution in [0.4, 0.5) is 0 Å². The van der Waals surface area contributed by atoms with Gasteiger partial charge in [0.1, 0.15) is 5.75 Å². The molecule has 1 N–H and O–H groups in total. The van der Waals surface area contributed by atoms with Crippen molar-refractivity contribution >= 4 is 22.5 Å². The molecule has 0 aliphatic carbocycles. The summed E-state index contributed by atoms with van der Waals surface area (Å²) in [7, 11) is 0. The second-order valence-corrected chi connectivity index (χ2v) is 5.37. The summed E-state index contributed by atoms with van der Waals surface area (Å²) in [5.74, 6) is 2.03. The molecule has 0 bridgehead atoms. The van der Waals surface area contributed by atoms with Gasteiger partial charge in [-0.3, -0.25) is 0 Å². The lowest BCUT2D eigenvalue weighted by molar-refractivity contribution is 0.340. The van der Waals surface area contributed by atoms with Crippen LogP contribution in [0.15, 0.2) is 36.4 Å². The molecule has 0 aliphatic rings. The van der Waals surface area contributed by atoms with Crippen molar-refractivity contribution in [3.05, 3.63) is 42.0 Å². The molecule has 0 fully saturated rings. The minimum atomic E-state index is 0.763. The lowest BCUT2D eigenvalue weighted by Crippen LogP contribution is -2.13. The Morgan fingerprint density at radius 1 is 1.16 bits per heavy atom. The van der Waals surface area contributed by atoms with Crippen molar-refractivity contribution < 1.29 is 4.74 Å². The highest BCUT2D eigenvalue weighted by atomic mass is 32.2. The fourth-order valence-corrected chi connectivity index (χ4v) is 2.37. The van der Waals surface area contributed by atoms with Crippen LogP contribution in [0.3, 0.4) is 0 Å². The van der Waals surface area contributed by atoms with Crippen LogP contribution in [-0.4, -0.2) is 25.2 Å². The second kappa shape index (κ2) is 7.41. The summed E-state index contributed by atoms with van der Waals surface area (Å²) in [6.45, 7) is 4.71. The van der Waals surface area contributed by atoms with Crippen LogP contribution in [0.1, 0.15) is 12.5 Å². The normalized spacial score (nSPS) is 10.8. The van der Waals surface area contributed by atoms with Gasteiger partial charge in [-0.25, -0.2) is 0 Å². The molecule has 0 aromatic heterocycles. The Bertz CT molecular complexity index is 527. The number of hydrogen-bond acceptors (Lipinski definition) is 3. The van der Waals surface area contributed by atoms with Crippen molar-refractivity contribution in [2.24, 2.45) is 0 Å². The molecule has 2 nitrogen and oxygen atoms in total. The molecule has 2 rings (SSSR count). The van der Waals surface area contributed by atoms with Gasteiger partial charge in [0.2, 0.25) is 0 Å². The molecule has 3 heteroatoms. The van der Waals surface area contributed by atoms with Gasteiger partial charge in [0.25, 0.3) is 0 Å². The second-order valence-electron chi connectivity index (χ2n) is 4.38. The predicted octanol–water partition coefficient (Wildman–Crippen LogP) is 3.69. The Kier molecular flexibility index (Phi) is 5.55. The maximum Gasteiger partial charge on any atom is 0.124 e. The molecule has 0 amide bonds. The van der Waals surface area contributed by atoms with Gasteiger partial charge in [-0.2, -0.15) is 11.8 Å². The smallest absolute Gasteiger partial charge is 0.124 e. The number of nitrogens with one attached hydrogen (secondary N) is 1. The topological polar surface area (TPSA) is 21.3 Å². The first kappa shape index (κ1) is 14.2. The third kappa shape index (κ3) is 3.64. The summed E-state index contributed by atoms with van der Waals surface area (Å²) < 4.78 is 5.92. The molecular formula is C16H21NOS. The fourth-order valence-electron chi connectivity index (χ4n) is 2.12. The lowest BCUT2D eigenvalue weighted by Gasteiger charge is -2.14. The first-order valence-corrected chi connectivity index (χ1v) is 8.09. The molecule has 2 aromatic carbocycles. The van der Waals surface area contributed by atoms with E-state index in [0.717, 1.165) is 31.2 Å². The van der Waals surface area contributed by atoms with Gasteiger partial charge in [0, 0.05) is 17.9 Å². The molecule has 0 radical (unpaired) electrons. The number of rotatable bonds is 7. The highest BCUT2D eigenvalue weighted by molar-refractivity contribution is 7.98. The lowest BCUT2D eigenvalue weighted by atomic mass is 10.0. The van der Waals surface area contributed by atoms with Crippen molar-refractivity contribution in [1.29, 1.82) is 0 Å². The maximum atomic E-state index is 5.92. The molecule has 102 valence electrons. The zero-order valence-electron chi connectivity index (χ0n) is 11.6. The third-order valence-electron chi connectivity index (χ3n) is 3.09. The van der Waals surface area contributed by atoms with Crippen LogP contribution in [0.5, 0.6) is 5.75 Å². The molecule has 0 aliphatic heterocycles. The highest BCUT2D eigenvalue weighted by Crippen LogP contribution is 2.28. The SMILES string of the molecule is CCNCc1c(OCCSC)ccc2ccccc12. The van der Waals surface area contributed by atoms with Crippen molar-refractivity contribution in [2.45, 2.75) is 13.5 Å². The van der Waals surface area contributed by atoms with Gasteiger partial charge in [-0.1, -0.05) is 37.3 Å². The fraction of sp³-hybridized carbons (Fsp3) is 0.375. The molecule has 0 spiro atoms. The van der Waals surface area contributed by atoms with Crippen LogP contribution >= 0.6 is 11.8 Å². The van der Waals surface area contributed by atoms with Crippen LogP contribution in [0.25, 0.3) is 10.8 Å². The predicted molar refractivity (Wildman–Crippen MR) is 85.2 cm³/mol. The molecule has 0 unspecified atom stereocenters. The van der Waals surface area contributed by atoms with E-state index in [1.165, 1.54) is 16.3 Å². The van der Waals surface area contributed by atoms with E-state index < -0.39 is 0 Å². The van der Waals surface area contributed by atoms with Gasteiger partial charge >= 0.3 is 0 Å². The quantitative estimate of drug-likeness (QED) is 0.779. The first-order chi connectivity index (χ1) is 9.36. The number of ether oxygens (including phenoxy) is 1. The van der Waals surface area contributed by atoms with E-state index in [0.29, 0.717) is 0 Å². The van der Waals surface area contributed by atoms with E-state index in [1.54, 1.807) is 0 Å². The minimum absolute atomic E-state index is 0.763. The molecule has 0 saturated carbocycles. The number of fused-ring (bicyclic) bond motifs is 1. The van der Waals surface area contributed by atoms with Gasteiger partial charge in [-0.05, 0) is 29.6 Å². The average molecular weight is 275 g/mol. The largest absolute Gasteiger partial charge is 0.492 e. The van der Waals surface area contributed by atoms with Crippen molar-refractivity contribution in [3.8, 4) is 5.75 Å². The Morgan fingerprint density at radius 2 is 2.00 bits per heavy atom. The van der Waals surface area contributed by atoms with Gasteiger partial charge in [-0.15, -0.1) is 0 Å². The number of hydrogen-bond donors (Lipinski definition) is 1. The van der Waals surface area contributed by atoms with Crippen molar-refractivity contribution in [2.75, 3.05) is 25.2 Å². The van der Waals surface area contributed by atoms with Gasteiger partial charge in [0.15, 0.2) is 0 Å². The zero-order chi connectivity index (χ0) is 13.5. The summed E-state index contributed by atoms with van der Waals surface area (Å²) in [6.07, 6.45) is 2.10. The Hall–Kier alpha value is -1.19. The minimum Gasteiger partial charge on any atom is -0.492 e. The first-order valence-electron chi connectivity index (χ1n) is 6.70. The van der Waals surface area contributed by atoms with E-state index in [9.17, 15) is 0 Å². The molecule has 2 aromatic rings. The van der Waals surface area contributed by atoms with E-state index in [1.807, 2.05) is 11.8 Å². The van der Waals surface area contributed by atoms with E-state index in [-0.39, 0.29) is 0 Å². The molecule has 0 saturated heterocycles. The monoisotopic (exact) mass is 275 g/mol. The zero-order valence-corrected chi connectivity index (χ0v) is 12.4. The third-order valence-corrected chi connectivity index (χ3v) is 3.67. The van der Waals surface area contributed by atoms with Crippen LogP contribution < -0.4 is 10.1 Å². The van der Waals surface area contributed by atoms with Gasteiger partial charge < -0.3 is 10.1 Å². The van der Waals surface area contributed by atoms with Gasteiger partial charge in [0.05, 0.1) is 6.61 Å². The number of benzene rings is 2. The van der Waals surface area contributed by atoms with E-state index in [4.69, 9.17) is 4.74 Å². The van der Waals surface area contributed by atoms with Crippen LogP contribution in [0.2, 0.25) is 0 Å². The molecule has 0 atom stereocenters. The summed E-state index contributed by atoms with van der Waals surface area (Å²) in [4.78, 5) is 0. The summed E-state index contributed by atoms with van der Waals surface area (Å²) >= 11 is 1.81. The van der Waals surface area contributed by atoms with Crippen LogP contribution in [0, 0.1) is 0 Å². The van der Waals surface area contributed by atoms with E-state index >= 15 is 0 Å². The van der Waals surface area contributed by atoms with Crippen LogP contribution in [-0.2, 0) is 6.54 Å². The molecule has 19 heavy (non-hydrogen) atoms. The number of thioether (sulfide) groups is 1. The van der Waals surface area contributed by atoms with Crippen molar-refractivity contribution in [3.63, 3.8) is 0 Å².